The van der Waals surface area contributed by atoms with Crippen molar-refractivity contribution in [1.29, 1.82) is 0 Å². The average Bonchev–Trinajstić information content (AvgIpc) is 3.30. The zero-order valence-electron chi connectivity index (χ0n) is 15.1. The third kappa shape index (κ3) is 3.93. The van der Waals surface area contributed by atoms with Crippen LogP contribution < -0.4 is 5.32 Å². The summed E-state index contributed by atoms with van der Waals surface area (Å²) in [6.07, 6.45) is 3.13. The van der Waals surface area contributed by atoms with E-state index in [0.717, 1.165) is 24.9 Å². The van der Waals surface area contributed by atoms with Gasteiger partial charge in [0.15, 0.2) is 0 Å². The molecule has 1 atom stereocenters. The molecule has 1 aliphatic rings. The first-order chi connectivity index (χ1) is 13.1. The van der Waals surface area contributed by atoms with E-state index in [0.29, 0.717) is 17.3 Å². The third-order valence-electron chi connectivity index (χ3n) is 4.91. The molecule has 3 aromatic rings. The summed E-state index contributed by atoms with van der Waals surface area (Å²) in [5.74, 6) is 0.459. The SMILES string of the molecule is CC(O)c1ccn(CC2CC(NC(=O)c3cc(-c4ccccc4)no3)C2)n1. The summed E-state index contributed by atoms with van der Waals surface area (Å²) in [4.78, 5) is 12.3. The molecule has 1 unspecified atom stereocenters. The number of rotatable bonds is 6. The maximum atomic E-state index is 12.3. The molecular weight excluding hydrogens is 344 g/mol. The Kier molecular flexibility index (Phi) is 4.77. The van der Waals surface area contributed by atoms with Crippen molar-refractivity contribution in [2.45, 2.75) is 38.5 Å². The molecule has 2 heterocycles. The predicted octanol–water partition coefficient (Wildman–Crippen LogP) is 2.80. The standard InChI is InChI=1S/C20H22N4O3/c1-13(25)17-7-8-24(22-17)12-14-9-16(10-14)21-20(26)19-11-18(23-27-19)15-5-3-2-4-6-15/h2-8,11,13-14,16,25H,9-10,12H2,1H3,(H,21,26). The van der Waals surface area contributed by atoms with Gasteiger partial charge in [-0.1, -0.05) is 35.5 Å². The molecule has 7 heteroatoms. The van der Waals surface area contributed by atoms with Crippen LogP contribution in [0.1, 0.15) is 42.1 Å². The van der Waals surface area contributed by atoms with E-state index in [-0.39, 0.29) is 17.7 Å². The molecular formula is C20H22N4O3. The van der Waals surface area contributed by atoms with Gasteiger partial charge in [-0.3, -0.25) is 9.48 Å². The van der Waals surface area contributed by atoms with Crippen LogP contribution in [0, 0.1) is 5.92 Å². The van der Waals surface area contributed by atoms with Crippen LogP contribution in [0.5, 0.6) is 0 Å². The summed E-state index contributed by atoms with van der Waals surface area (Å²) >= 11 is 0. The fraction of sp³-hybridized carbons (Fsp3) is 0.350. The maximum Gasteiger partial charge on any atom is 0.290 e. The Hall–Kier alpha value is -2.93. The van der Waals surface area contributed by atoms with E-state index < -0.39 is 6.10 Å². The molecule has 0 bridgehead atoms. The number of benzene rings is 1. The van der Waals surface area contributed by atoms with Gasteiger partial charge in [0.1, 0.15) is 5.69 Å². The van der Waals surface area contributed by atoms with Crippen molar-refractivity contribution in [2.75, 3.05) is 0 Å². The molecule has 2 aromatic heterocycles. The Morgan fingerprint density at radius 2 is 2.11 bits per heavy atom. The van der Waals surface area contributed by atoms with Crippen molar-refractivity contribution in [3.63, 3.8) is 0 Å². The van der Waals surface area contributed by atoms with E-state index in [1.54, 1.807) is 13.0 Å². The zero-order chi connectivity index (χ0) is 18.8. The molecule has 0 saturated heterocycles. The minimum absolute atomic E-state index is 0.138. The molecule has 0 aliphatic heterocycles. The van der Waals surface area contributed by atoms with Crippen molar-refractivity contribution in [1.82, 2.24) is 20.3 Å². The summed E-state index contributed by atoms with van der Waals surface area (Å²) in [7, 11) is 0. The fourth-order valence-electron chi connectivity index (χ4n) is 3.35. The first-order valence-electron chi connectivity index (χ1n) is 9.13. The van der Waals surface area contributed by atoms with Crippen molar-refractivity contribution < 1.29 is 14.4 Å². The molecule has 0 spiro atoms. The van der Waals surface area contributed by atoms with E-state index in [9.17, 15) is 9.90 Å². The van der Waals surface area contributed by atoms with Crippen LogP contribution >= 0.6 is 0 Å². The van der Waals surface area contributed by atoms with Gasteiger partial charge >= 0.3 is 0 Å². The van der Waals surface area contributed by atoms with E-state index in [4.69, 9.17) is 4.52 Å². The van der Waals surface area contributed by atoms with Gasteiger partial charge in [0.05, 0.1) is 11.8 Å². The van der Waals surface area contributed by atoms with Crippen molar-refractivity contribution in [3.8, 4) is 11.3 Å². The lowest BCUT2D eigenvalue weighted by Gasteiger charge is -2.35. The average molecular weight is 366 g/mol. The predicted molar refractivity (Wildman–Crippen MR) is 98.8 cm³/mol. The van der Waals surface area contributed by atoms with Crippen LogP contribution in [0.3, 0.4) is 0 Å². The zero-order valence-corrected chi connectivity index (χ0v) is 15.1. The highest BCUT2D eigenvalue weighted by molar-refractivity contribution is 5.92. The molecule has 1 aromatic carbocycles. The van der Waals surface area contributed by atoms with Crippen LogP contribution in [-0.2, 0) is 6.54 Å². The fourth-order valence-corrected chi connectivity index (χ4v) is 3.35. The topological polar surface area (TPSA) is 93.2 Å². The van der Waals surface area contributed by atoms with Gasteiger partial charge in [-0.15, -0.1) is 0 Å². The van der Waals surface area contributed by atoms with Gasteiger partial charge in [-0.25, -0.2) is 0 Å². The number of hydrogen-bond donors (Lipinski definition) is 2. The molecule has 2 N–H and O–H groups in total. The monoisotopic (exact) mass is 366 g/mol. The van der Waals surface area contributed by atoms with Gasteiger partial charge in [-0.2, -0.15) is 5.10 Å². The van der Waals surface area contributed by atoms with E-state index in [1.165, 1.54) is 0 Å². The van der Waals surface area contributed by atoms with Crippen LogP contribution in [0.15, 0.2) is 53.2 Å². The number of aromatic nitrogens is 3. The van der Waals surface area contributed by atoms with Crippen LogP contribution in [0.2, 0.25) is 0 Å². The smallest absolute Gasteiger partial charge is 0.290 e. The number of carbonyl (C=O) groups excluding carboxylic acids is 1. The lowest BCUT2D eigenvalue weighted by molar-refractivity contribution is 0.0842. The van der Waals surface area contributed by atoms with Gasteiger partial charge < -0.3 is 14.9 Å². The Balaban J connectivity index is 1.27. The van der Waals surface area contributed by atoms with Gasteiger partial charge in [0, 0.05) is 30.4 Å². The first-order valence-corrected chi connectivity index (χ1v) is 9.13. The molecule has 1 fully saturated rings. The highest BCUT2D eigenvalue weighted by Gasteiger charge is 2.31. The molecule has 7 nitrogen and oxygen atoms in total. The molecule has 4 rings (SSSR count). The molecule has 27 heavy (non-hydrogen) atoms. The number of amides is 1. The number of nitrogens with zero attached hydrogens (tertiary/aromatic N) is 3. The Morgan fingerprint density at radius 3 is 2.81 bits per heavy atom. The van der Waals surface area contributed by atoms with E-state index in [2.05, 4.69) is 15.6 Å². The molecule has 140 valence electrons. The Morgan fingerprint density at radius 1 is 1.33 bits per heavy atom. The normalized spacial score (nSPS) is 20.1. The molecule has 0 radical (unpaired) electrons. The van der Waals surface area contributed by atoms with Gasteiger partial charge in [0.2, 0.25) is 5.76 Å². The number of carbonyl (C=O) groups is 1. The number of aliphatic hydroxyl groups excluding tert-OH is 1. The van der Waals surface area contributed by atoms with Crippen LogP contribution in [0.4, 0.5) is 0 Å². The molecule has 1 saturated carbocycles. The van der Waals surface area contributed by atoms with Crippen LogP contribution in [0.25, 0.3) is 11.3 Å². The van der Waals surface area contributed by atoms with Gasteiger partial charge in [0.25, 0.3) is 5.91 Å². The number of aliphatic hydroxyl groups is 1. The first kappa shape index (κ1) is 17.5. The Labute approximate surface area is 157 Å². The van der Waals surface area contributed by atoms with Gasteiger partial charge in [-0.05, 0) is 31.7 Å². The summed E-state index contributed by atoms with van der Waals surface area (Å²) in [5, 5.41) is 20.9. The van der Waals surface area contributed by atoms with E-state index in [1.807, 2.05) is 47.3 Å². The highest BCUT2D eigenvalue weighted by Crippen LogP contribution is 2.29. The minimum atomic E-state index is -0.553. The largest absolute Gasteiger partial charge is 0.387 e. The lowest BCUT2D eigenvalue weighted by atomic mass is 9.80. The number of nitrogens with one attached hydrogen (secondary N) is 1. The summed E-state index contributed by atoms with van der Waals surface area (Å²) in [6.45, 7) is 2.49. The van der Waals surface area contributed by atoms with E-state index >= 15 is 0 Å². The summed E-state index contributed by atoms with van der Waals surface area (Å²) in [5.41, 5.74) is 2.25. The second-order valence-electron chi connectivity index (χ2n) is 7.09. The Bertz CT molecular complexity index is 910. The van der Waals surface area contributed by atoms with Crippen LogP contribution in [-0.4, -0.2) is 32.0 Å². The third-order valence-corrected chi connectivity index (χ3v) is 4.91. The molecule has 1 amide bonds. The second-order valence-corrected chi connectivity index (χ2v) is 7.09. The lowest BCUT2D eigenvalue weighted by Crippen LogP contribution is -2.45. The quantitative estimate of drug-likeness (QED) is 0.700. The summed E-state index contributed by atoms with van der Waals surface area (Å²) < 4.78 is 7.05. The minimum Gasteiger partial charge on any atom is -0.387 e. The van der Waals surface area contributed by atoms with Crippen molar-refractivity contribution >= 4 is 5.91 Å². The van der Waals surface area contributed by atoms with Crippen molar-refractivity contribution in [2.24, 2.45) is 5.92 Å². The second kappa shape index (κ2) is 7.36. The number of hydrogen-bond acceptors (Lipinski definition) is 5. The maximum absolute atomic E-state index is 12.3. The summed E-state index contributed by atoms with van der Waals surface area (Å²) in [6, 6.07) is 13.3. The highest BCUT2D eigenvalue weighted by atomic mass is 16.5. The molecule has 1 aliphatic carbocycles. The van der Waals surface area contributed by atoms with Crippen molar-refractivity contribution in [3.05, 3.63) is 60.1 Å².